The number of hydrogen-bond donors (Lipinski definition) is 0. The van der Waals surface area contributed by atoms with Gasteiger partial charge in [-0.1, -0.05) is 55.2 Å². The Bertz CT molecular complexity index is 592. The highest BCUT2D eigenvalue weighted by Gasteiger charge is 2.15. The minimum Gasteiger partial charge on any atom is -0.380 e. The molecule has 5 heteroatoms. The SMILES string of the molecule is COCc1cccc(-c2nc(Cl)c(C(C)C)c(Cl)n2)c1. The summed E-state index contributed by atoms with van der Waals surface area (Å²) in [7, 11) is 1.66. The predicted octanol–water partition coefficient (Wildman–Crippen LogP) is 4.72. The van der Waals surface area contributed by atoms with Gasteiger partial charge in [-0.2, -0.15) is 0 Å². The molecule has 0 amide bonds. The molecule has 0 spiro atoms. The van der Waals surface area contributed by atoms with Crippen LogP contribution in [0.4, 0.5) is 0 Å². The third-order valence-electron chi connectivity index (χ3n) is 2.93. The second-order valence-electron chi connectivity index (χ2n) is 4.83. The van der Waals surface area contributed by atoms with Gasteiger partial charge in [0.05, 0.1) is 6.61 Å². The van der Waals surface area contributed by atoms with E-state index in [9.17, 15) is 0 Å². The summed E-state index contributed by atoms with van der Waals surface area (Å²) < 4.78 is 5.12. The van der Waals surface area contributed by atoms with Crippen LogP contribution in [0.25, 0.3) is 11.4 Å². The van der Waals surface area contributed by atoms with Crippen molar-refractivity contribution < 1.29 is 4.74 Å². The lowest BCUT2D eigenvalue weighted by Crippen LogP contribution is -1.99. The minimum absolute atomic E-state index is 0.184. The summed E-state index contributed by atoms with van der Waals surface area (Å²) in [6.45, 7) is 4.56. The fourth-order valence-corrected chi connectivity index (χ4v) is 2.81. The van der Waals surface area contributed by atoms with Crippen molar-refractivity contribution in [2.75, 3.05) is 7.11 Å². The van der Waals surface area contributed by atoms with E-state index in [1.54, 1.807) is 7.11 Å². The van der Waals surface area contributed by atoms with Crippen LogP contribution in [0.2, 0.25) is 10.3 Å². The Morgan fingerprint density at radius 2 is 1.80 bits per heavy atom. The zero-order valence-electron chi connectivity index (χ0n) is 11.7. The van der Waals surface area contributed by atoms with Gasteiger partial charge in [0.1, 0.15) is 10.3 Å². The maximum atomic E-state index is 6.22. The van der Waals surface area contributed by atoms with Crippen LogP contribution in [-0.4, -0.2) is 17.1 Å². The van der Waals surface area contributed by atoms with Crippen molar-refractivity contribution in [1.82, 2.24) is 9.97 Å². The molecular weight excluding hydrogens is 295 g/mol. The zero-order valence-corrected chi connectivity index (χ0v) is 13.2. The topological polar surface area (TPSA) is 35.0 Å². The molecule has 0 aliphatic carbocycles. The summed E-state index contributed by atoms with van der Waals surface area (Å²) in [6.07, 6.45) is 0. The van der Waals surface area contributed by atoms with Crippen molar-refractivity contribution >= 4 is 23.2 Å². The van der Waals surface area contributed by atoms with Crippen LogP contribution in [0.3, 0.4) is 0 Å². The Kier molecular flexibility index (Phi) is 4.97. The second-order valence-corrected chi connectivity index (χ2v) is 5.55. The standard InChI is InChI=1S/C15H16Cl2N2O/c1-9(2)12-13(16)18-15(19-14(12)17)11-6-4-5-10(7-11)8-20-3/h4-7,9H,8H2,1-3H3. The third-order valence-corrected chi connectivity index (χ3v) is 3.50. The first-order valence-corrected chi connectivity index (χ1v) is 7.09. The lowest BCUT2D eigenvalue weighted by atomic mass is 10.1. The van der Waals surface area contributed by atoms with Crippen LogP contribution in [-0.2, 0) is 11.3 Å². The van der Waals surface area contributed by atoms with Crippen molar-refractivity contribution in [3.8, 4) is 11.4 Å². The number of rotatable bonds is 4. The molecule has 20 heavy (non-hydrogen) atoms. The average Bonchev–Trinajstić information content (AvgIpc) is 2.38. The summed E-state index contributed by atoms with van der Waals surface area (Å²) in [5, 5.41) is 0.819. The molecule has 1 aromatic heterocycles. The van der Waals surface area contributed by atoms with Crippen LogP contribution in [0.5, 0.6) is 0 Å². The number of halogens is 2. The van der Waals surface area contributed by atoms with E-state index in [1.165, 1.54) is 0 Å². The van der Waals surface area contributed by atoms with E-state index in [0.29, 0.717) is 22.7 Å². The largest absolute Gasteiger partial charge is 0.380 e. The average molecular weight is 311 g/mol. The van der Waals surface area contributed by atoms with Gasteiger partial charge >= 0.3 is 0 Å². The van der Waals surface area contributed by atoms with E-state index in [1.807, 2.05) is 38.1 Å². The molecule has 0 unspecified atom stereocenters. The van der Waals surface area contributed by atoms with E-state index in [-0.39, 0.29) is 5.92 Å². The zero-order chi connectivity index (χ0) is 14.7. The van der Waals surface area contributed by atoms with Gasteiger partial charge in [-0.3, -0.25) is 0 Å². The van der Waals surface area contributed by atoms with E-state index in [4.69, 9.17) is 27.9 Å². The summed E-state index contributed by atoms with van der Waals surface area (Å²) in [6, 6.07) is 7.82. The molecule has 0 atom stereocenters. The normalized spacial score (nSPS) is 11.1. The molecule has 106 valence electrons. The van der Waals surface area contributed by atoms with Crippen LogP contribution in [0.1, 0.15) is 30.9 Å². The first-order valence-electron chi connectivity index (χ1n) is 6.34. The highest BCUT2D eigenvalue weighted by Crippen LogP contribution is 2.31. The molecule has 0 aliphatic rings. The Labute approximate surface area is 128 Å². The summed E-state index contributed by atoms with van der Waals surface area (Å²) in [5.74, 6) is 0.714. The molecule has 0 saturated carbocycles. The van der Waals surface area contributed by atoms with Crippen molar-refractivity contribution in [2.45, 2.75) is 26.4 Å². The van der Waals surface area contributed by atoms with Crippen molar-refractivity contribution in [3.63, 3.8) is 0 Å². The van der Waals surface area contributed by atoms with Gasteiger partial charge in [-0.25, -0.2) is 9.97 Å². The van der Waals surface area contributed by atoms with Crippen molar-refractivity contribution in [1.29, 1.82) is 0 Å². The lowest BCUT2D eigenvalue weighted by molar-refractivity contribution is 0.185. The summed E-state index contributed by atoms with van der Waals surface area (Å²) >= 11 is 12.4. The van der Waals surface area contributed by atoms with Crippen LogP contribution in [0, 0.1) is 0 Å². The monoisotopic (exact) mass is 310 g/mol. The van der Waals surface area contributed by atoms with Gasteiger partial charge in [-0.05, 0) is 17.5 Å². The van der Waals surface area contributed by atoms with Crippen molar-refractivity contribution in [3.05, 3.63) is 45.7 Å². The molecule has 0 saturated heterocycles. The third kappa shape index (κ3) is 3.29. The van der Waals surface area contributed by atoms with Crippen LogP contribution in [0.15, 0.2) is 24.3 Å². The maximum absolute atomic E-state index is 6.22. The molecule has 2 rings (SSSR count). The molecule has 1 aromatic carbocycles. The molecule has 0 N–H and O–H groups in total. The molecule has 2 aromatic rings. The van der Waals surface area contributed by atoms with E-state index < -0.39 is 0 Å². The van der Waals surface area contributed by atoms with Crippen molar-refractivity contribution in [2.24, 2.45) is 0 Å². The molecule has 0 fully saturated rings. The number of nitrogens with zero attached hydrogens (tertiary/aromatic N) is 2. The Balaban J connectivity index is 2.46. The van der Waals surface area contributed by atoms with Crippen LogP contribution < -0.4 is 0 Å². The summed E-state index contributed by atoms with van der Waals surface area (Å²) in [5.41, 5.74) is 2.71. The number of methoxy groups -OCH3 is 1. The first-order chi connectivity index (χ1) is 9.52. The number of ether oxygens (including phenoxy) is 1. The number of aromatic nitrogens is 2. The molecule has 0 bridgehead atoms. The fourth-order valence-electron chi connectivity index (χ4n) is 1.99. The molecule has 0 radical (unpaired) electrons. The van der Waals surface area contributed by atoms with Gasteiger partial charge in [0.25, 0.3) is 0 Å². The first kappa shape index (κ1) is 15.2. The van der Waals surface area contributed by atoms with Gasteiger partial charge in [0, 0.05) is 18.2 Å². The highest BCUT2D eigenvalue weighted by atomic mass is 35.5. The van der Waals surface area contributed by atoms with E-state index in [2.05, 4.69) is 9.97 Å². The van der Waals surface area contributed by atoms with Gasteiger partial charge in [0.2, 0.25) is 0 Å². The van der Waals surface area contributed by atoms with Gasteiger partial charge in [-0.15, -0.1) is 0 Å². The Morgan fingerprint density at radius 3 is 2.35 bits per heavy atom. The van der Waals surface area contributed by atoms with E-state index >= 15 is 0 Å². The molecular formula is C15H16Cl2N2O. The fraction of sp³-hybridized carbons (Fsp3) is 0.333. The molecule has 3 nitrogen and oxygen atoms in total. The lowest BCUT2D eigenvalue weighted by Gasteiger charge is -2.11. The second kappa shape index (κ2) is 6.53. The molecule has 1 heterocycles. The summed E-state index contributed by atoms with van der Waals surface area (Å²) in [4.78, 5) is 8.71. The van der Waals surface area contributed by atoms with Crippen LogP contribution >= 0.6 is 23.2 Å². The Morgan fingerprint density at radius 1 is 1.15 bits per heavy atom. The quantitative estimate of drug-likeness (QED) is 0.766. The highest BCUT2D eigenvalue weighted by molar-refractivity contribution is 6.34. The molecule has 0 aliphatic heterocycles. The number of benzene rings is 1. The van der Waals surface area contributed by atoms with Gasteiger partial charge in [0.15, 0.2) is 5.82 Å². The minimum atomic E-state index is 0.184. The predicted molar refractivity (Wildman–Crippen MR) is 82.3 cm³/mol. The smallest absolute Gasteiger partial charge is 0.162 e. The maximum Gasteiger partial charge on any atom is 0.162 e. The van der Waals surface area contributed by atoms with Gasteiger partial charge < -0.3 is 4.74 Å². The van der Waals surface area contributed by atoms with E-state index in [0.717, 1.165) is 16.7 Å². The Hall–Kier alpha value is -1.16. The number of hydrogen-bond acceptors (Lipinski definition) is 3.